The molecule has 0 aromatic heterocycles. The van der Waals surface area contributed by atoms with Crippen LogP contribution in [-0.2, 0) is 16.0 Å². The number of carbonyl (C=O) groups is 1. The van der Waals surface area contributed by atoms with Crippen LogP contribution in [0.1, 0.15) is 37.7 Å². The van der Waals surface area contributed by atoms with Gasteiger partial charge in [0.25, 0.3) is 0 Å². The molecule has 0 spiro atoms. The van der Waals surface area contributed by atoms with E-state index in [0.717, 1.165) is 28.6 Å². The molecule has 0 radical (unpaired) electrons. The molecule has 1 aliphatic carbocycles. The van der Waals surface area contributed by atoms with Crippen molar-refractivity contribution < 1.29 is 14.3 Å². The van der Waals surface area contributed by atoms with Crippen LogP contribution < -0.4 is 4.74 Å². The van der Waals surface area contributed by atoms with Crippen molar-refractivity contribution >= 4 is 21.7 Å². The van der Waals surface area contributed by atoms with Gasteiger partial charge in [-0.1, -0.05) is 35.2 Å². The largest absolute Gasteiger partial charge is 0.497 e. The summed E-state index contributed by atoms with van der Waals surface area (Å²) in [6.45, 7) is 0. The molecule has 4 heteroatoms. The molecule has 3 nitrogen and oxygen atoms in total. The van der Waals surface area contributed by atoms with Gasteiger partial charge in [-0.3, -0.25) is 4.79 Å². The van der Waals surface area contributed by atoms with E-state index in [0.29, 0.717) is 12.3 Å². The van der Waals surface area contributed by atoms with Crippen molar-refractivity contribution in [2.75, 3.05) is 14.2 Å². The standard InChI is InChI=1S/C17H23BrO3/c1-20-14-8-9-15(18)13(10-14)11-16(19)17(21-2)12-6-4-3-5-7-12/h8-10,12,17H,3-7,11H2,1-2H3. The smallest absolute Gasteiger partial charge is 0.166 e. The fourth-order valence-electron chi connectivity index (χ4n) is 3.13. The summed E-state index contributed by atoms with van der Waals surface area (Å²) in [6, 6.07) is 5.71. The van der Waals surface area contributed by atoms with Crippen LogP contribution in [0.15, 0.2) is 22.7 Å². The zero-order valence-electron chi connectivity index (χ0n) is 12.7. The van der Waals surface area contributed by atoms with Crippen LogP contribution in [-0.4, -0.2) is 26.1 Å². The first-order chi connectivity index (χ1) is 10.2. The zero-order chi connectivity index (χ0) is 15.2. The van der Waals surface area contributed by atoms with Crippen molar-refractivity contribution in [1.29, 1.82) is 0 Å². The molecule has 0 amide bonds. The molecule has 1 saturated carbocycles. The number of methoxy groups -OCH3 is 2. The molecule has 0 saturated heterocycles. The molecule has 21 heavy (non-hydrogen) atoms. The number of halogens is 1. The molecule has 1 aliphatic rings. The summed E-state index contributed by atoms with van der Waals surface area (Å²) in [4.78, 5) is 12.6. The van der Waals surface area contributed by atoms with Gasteiger partial charge in [-0.15, -0.1) is 0 Å². The summed E-state index contributed by atoms with van der Waals surface area (Å²) in [5, 5.41) is 0. The molecule has 1 atom stereocenters. The monoisotopic (exact) mass is 354 g/mol. The number of carbonyl (C=O) groups excluding carboxylic acids is 1. The topological polar surface area (TPSA) is 35.5 Å². The lowest BCUT2D eigenvalue weighted by atomic mass is 9.82. The molecular weight excluding hydrogens is 332 g/mol. The fraction of sp³-hybridized carbons (Fsp3) is 0.588. The van der Waals surface area contributed by atoms with Crippen LogP contribution in [0, 0.1) is 5.92 Å². The molecule has 1 unspecified atom stereocenters. The van der Waals surface area contributed by atoms with E-state index in [-0.39, 0.29) is 11.9 Å². The highest BCUT2D eigenvalue weighted by molar-refractivity contribution is 9.10. The Kier molecular flexibility index (Phi) is 6.24. The summed E-state index contributed by atoms with van der Waals surface area (Å²) >= 11 is 3.51. The van der Waals surface area contributed by atoms with Gasteiger partial charge in [0.2, 0.25) is 0 Å². The predicted molar refractivity (Wildman–Crippen MR) is 86.8 cm³/mol. The summed E-state index contributed by atoms with van der Waals surface area (Å²) in [5.41, 5.74) is 0.956. The average Bonchev–Trinajstić information content (AvgIpc) is 2.51. The van der Waals surface area contributed by atoms with Crippen LogP contribution in [0.4, 0.5) is 0 Å². The first-order valence-corrected chi connectivity index (χ1v) is 8.33. The van der Waals surface area contributed by atoms with Gasteiger partial charge in [-0.2, -0.15) is 0 Å². The molecule has 0 N–H and O–H groups in total. The SMILES string of the molecule is COc1ccc(Br)c(CC(=O)C(OC)C2CCCCC2)c1. The van der Waals surface area contributed by atoms with Crippen molar-refractivity contribution in [1.82, 2.24) is 0 Å². The van der Waals surface area contributed by atoms with Gasteiger partial charge < -0.3 is 9.47 Å². The summed E-state index contributed by atoms with van der Waals surface area (Å²) in [7, 11) is 3.28. The first-order valence-electron chi connectivity index (χ1n) is 7.53. The predicted octanol–water partition coefficient (Wildman–Crippen LogP) is 4.16. The van der Waals surface area contributed by atoms with Gasteiger partial charge in [0, 0.05) is 18.0 Å². The highest BCUT2D eigenvalue weighted by atomic mass is 79.9. The minimum absolute atomic E-state index is 0.165. The van der Waals surface area contributed by atoms with E-state index >= 15 is 0 Å². The van der Waals surface area contributed by atoms with E-state index in [1.807, 2.05) is 18.2 Å². The molecule has 2 rings (SSSR count). The number of hydrogen-bond acceptors (Lipinski definition) is 3. The minimum Gasteiger partial charge on any atom is -0.497 e. The second-order valence-electron chi connectivity index (χ2n) is 5.65. The number of hydrogen-bond donors (Lipinski definition) is 0. The molecule has 0 heterocycles. The highest BCUT2D eigenvalue weighted by Crippen LogP contribution is 2.30. The molecule has 1 aromatic carbocycles. The van der Waals surface area contributed by atoms with E-state index < -0.39 is 0 Å². The summed E-state index contributed by atoms with van der Waals surface area (Å²) < 4.78 is 11.7. The van der Waals surface area contributed by atoms with Crippen molar-refractivity contribution in [2.45, 2.75) is 44.6 Å². The number of benzene rings is 1. The van der Waals surface area contributed by atoms with Crippen LogP contribution in [0.25, 0.3) is 0 Å². The lowest BCUT2D eigenvalue weighted by Gasteiger charge is -2.28. The van der Waals surface area contributed by atoms with E-state index in [1.165, 1.54) is 19.3 Å². The first kappa shape index (κ1) is 16.5. The Morgan fingerprint density at radius 1 is 1.29 bits per heavy atom. The van der Waals surface area contributed by atoms with Gasteiger partial charge in [0.1, 0.15) is 11.9 Å². The minimum atomic E-state index is -0.275. The molecule has 0 aliphatic heterocycles. The Morgan fingerprint density at radius 3 is 2.62 bits per heavy atom. The van der Waals surface area contributed by atoms with Crippen LogP contribution in [0.2, 0.25) is 0 Å². The quantitative estimate of drug-likeness (QED) is 0.769. The number of rotatable bonds is 6. The van der Waals surface area contributed by atoms with Crippen LogP contribution in [0.5, 0.6) is 5.75 Å². The van der Waals surface area contributed by atoms with E-state index in [2.05, 4.69) is 15.9 Å². The van der Waals surface area contributed by atoms with Gasteiger partial charge in [0.15, 0.2) is 5.78 Å². The highest BCUT2D eigenvalue weighted by Gasteiger charge is 2.29. The molecule has 1 aromatic rings. The van der Waals surface area contributed by atoms with Crippen molar-refractivity contribution in [3.8, 4) is 5.75 Å². The van der Waals surface area contributed by atoms with Crippen LogP contribution >= 0.6 is 15.9 Å². The lowest BCUT2D eigenvalue weighted by Crippen LogP contribution is -2.34. The maximum absolute atomic E-state index is 12.6. The lowest BCUT2D eigenvalue weighted by molar-refractivity contribution is -0.132. The maximum atomic E-state index is 12.6. The molecular formula is C17H23BrO3. The van der Waals surface area contributed by atoms with Gasteiger partial charge in [-0.25, -0.2) is 0 Å². The molecule has 116 valence electrons. The van der Waals surface area contributed by atoms with Crippen molar-refractivity contribution in [2.24, 2.45) is 5.92 Å². The Bertz CT molecular complexity index is 481. The molecule has 1 fully saturated rings. The van der Waals surface area contributed by atoms with Crippen molar-refractivity contribution in [3.05, 3.63) is 28.2 Å². The zero-order valence-corrected chi connectivity index (χ0v) is 14.3. The Morgan fingerprint density at radius 2 is 2.00 bits per heavy atom. The second kappa shape index (κ2) is 7.95. The van der Waals surface area contributed by atoms with E-state index in [1.54, 1.807) is 14.2 Å². The number of ketones is 1. The third kappa shape index (κ3) is 4.30. The Labute approximate surface area is 135 Å². The van der Waals surface area contributed by atoms with Gasteiger partial charge in [0.05, 0.1) is 7.11 Å². The fourth-order valence-corrected chi connectivity index (χ4v) is 3.51. The third-order valence-corrected chi connectivity index (χ3v) is 5.04. The summed E-state index contributed by atoms with van der Waals surface area (Å²) in [6.07, 6.45) is 6.01. The third-order valence-electron chi connectivity index (χ3n) is 4.27. The number of Topliss-reactive ketones (excluding diaryl/α,β-unsaturated/α-hetero) is 1. The second-order valence-corrected chi connectivity index (χ2v) is 6.51. The van der Waals surface area contributed by atoms with Crippen molar-refractivity contribution in [3.63, 3.8) is 0 Å². The Balaban J connectivity index is 2.08. The average molecular weight is 355 g/mol. The van der Waals surface area contributed by atoms with Crippen LogP contribution in [0.3, 0.4) is 0 Å². The maximum Gasteiger partial charge on any atom is 0.166 e. The van der Waals surface area contributed by atoms with E-state index in [9.17, 15) is 4.79 Å². The summed E-state index contributed by atoms with van der Waals surface area (Å²) in [5.74, 6) is 1.31. The molecule has 0 bridgehead atoms. The van der Waals surface area contributed by atoms with Gasteiger partial charge in [-0.05, 0) is 42.5 Å². The Hall–Kier alpha value is -0.870. The normalized spacial score (nSPS) is 17.5. The van der Waals surface area contributed by atoms with Gasteiger partial charge >= 0.3 is 0 Å². The van der Waals surface area contributed by atoms with E-state index in [4.69, 9.17) is 9.47 Å². The number of ether oxygens (including phenoxy) is 2.